The van der Waals surface area contributed by atoms with Gasteiger partial charge in [-0.05, 0) is 36.8 Å². The first kappa shape index (κ1) is 18.4. The van der Waals surface area contributed by atoms with Gasteiger partial charge in [-0.3, -0.25) is 9.36 Å². The molecule has 0 unspecified atom stereocenters. The predicted molar refractivity (Wildman–Crippen MR) is 106 cm³/mol. The highest BCUT2D eigenvalue weighted by Gasteiger charge is 2.12. The van der Waals surface area contributed by atoms with E-state index >= 15 is 0 Å². The van der Waals surface area contributed by atoms with E-state index in [0.29, 0.717) is 16.5 Å². The van der Waals surface area contributed by atoms with E-state index in [0.717, 1.165) is 16.4 Å². The minimum Gasteiger partial charge on any atom is -0.497 e. The number of hydrogen-bond acceptors (Lipinski definition) is 4. The second-order valence-electron chi connectivity index (χ2n) is 5.53. The Labute approximate surface area is 161 Å². The summed E-state index contributed by atoms with van der Waals surface area (Å²) in [7, 11) is 1.59. The fourth-order valence-electron chi connectivity index (χ4n) is 2.46. The molecule has 1 aromatic heterocycles. The van der Waals surface area contributed by atoms with Crippen molar-refractivity contribution in [3.63, 3.8) is 0 Å². The molecule has 134 valence electrons. The quantitative estimate of drug-likeness (QED) is 0.629. The maximum Gasteiger partial charge on any atom is 0.234 e. The molecule has 0 aliphatic rings. The van der Waals surface area contributed by atoms with Crippen molar-refractivity contribution in [2.45, 2.75) is 12.1 Å². The Kier molecular flexibility index (Phi) is 5.85. The molecule has 0 atom stereocenters. The molecule has 1 amide bonds. The van der Waals surface area contributed by atoms with Crippen LogP contribution in [0.4, 0.5) is 5.69 Å². The molecular weight excluding hydrogens is 370 g/mol. The molecule has 3 rings (SSSR count). The number of rotatable bonds is 6. The van der Waals surface area contributed by atoms with Gasteiger partial charge < -0.3 is 10.1 Å². The Morgan fingerprint density at radius 3 is 2.92 bits per heavy atom. The number of imidazole rings is 1. The number of benzene rings is 2. The maximum atomic E-state index is 12.2. The molecule has 0 saturated heterocycles. The third kappa shape index (κ3) is 4.20. The normalized spacial score (nSPS) is 10.6. The van der Waals surface area contributed by atoms with Crippen molar-refractivity contribution in [3.05, 3.63) is 65.4 Å². The van der Waals surface area contributed by atoms with Crippen LogP contribution in [0.15, 0.2) is 60.0 Å². The van der Waals surface area contributed by atoms with Gasteiger partial charge in [0.05, 0.1) is 18.6 Å². The molecule has 0 fully saturated rings. The van der Waals surface area contributed by atoms with E-state index < -0.39 is 0 Å². The monoisotopic (exact) mass is 387 g/mol. The van der Waals surface area contributed by atoms with Crippen molar-refractivity contribution in [2.24, 2.45) is 0 Å². The lowest BCUT2D eigenvalue weighted by Crippen LogP contribution is -2.14. The van der Waals surface area contributed by atoms with E-state index in [1.165, 1.54) is 11.8 Å². The number of carbonyl (C=O) groups is 1. The summed E-state index contributed by atoms with van der Waals surface area (Å²) in [5.74, 6) is 0.830. The van der Waals surface area contributed by atoms with Gasteiger partial charge in [-0.2, -0.15) is 0 Å². The zero-order valence-electron chi connectivity index (χ0n) is 14.4. The second-order valence-corrected chi connectivity index (χ2v) is 6.88. The molecule has 0 saturated carbocycles. The number of thioether (sulfide) groups is 1. The van der Waals surface area contributed by atoms with E-state index in [9.17, 15) is 4.79 Å². The number of hydrogen-bond donors (Lipinski definition) is 1. The lowest BCUT2D eigenvalue weighted by Gasteiger charge is -2.11. The number of carbonyl (C=O) groups excluding carboxylic acids is 1. The van der Waals surface area contributed by atoms with Gasteiger partial charge >= 0.3 is 0 Å². The molecular formula is C19H18ClN3O2S. The highest BCUT2D eigenvalue weighted by atomic mass is 35.5. The standard InChI is InChI=1S/C19H18ClN3O2S/c1-13-16(20)7-4-8-17(13)23-10-9-21-19(23)26-12-18(24)22-14-5-3-6-15(11-14)25-2/h3-11H,12H2,1-2H3,(H,22,24). The van der Waals surface area contributed by atoms with Crippen molar-refractivity contribution in [2.75, 3.05) is 18.2 Å². The highest BCUT2D eigenvalue weighted by Crippen LogP contribution is 2.26. The first-order valence-corrected chi connectivity index (χ1v) is 9.30. The molecule has 0 spiro atoms. The minimum atomic E-state index is -0.111. The van der Waals surface area contributed by atoms with Crippen LogP contribution < -0.4 is 10.1 Å². The lowest BCUT2D eigenvalue weighted by molar-refractivity contribution is -0.113. The SMILES string of the molecule is COc1cccc(NC(=O)CSc2nccn2-c2cccc(Cl)c2C)c1. The van der Waals surface area contributed by atoms with Crippen LogP contribution in [-0.4, -0.2) is 28.3 Å². The van der Waals surface area contributed by atoms with E-state index in [4.69, 9.17) is 16.3 Å². The van der Waals surface area contributed by atoms with Gasteiger partial charge in [-0.1, -0.05) is 35.5 Å². The van der Waals surface area contributed by atoms with Gasteiger partial charge in [0.15, 0.2) is 5.16 Å². The third-order valence-corrected chi connectivity index (χ3v) is 5.17. The summed E-state index contributed by atoms with van der Waals surface area (Å²) in [5.41, 5.74) is 2.62. The van der Waals surface area contributed by atoms with Crippen LogP contribution in [0.25, 0.3) is 5.69 Å². The summed E-state index contributed by atoms with van der Waals surface area (Å²) in [6.45, 7) is 1.96. The Morgan fingerprint density at radius 2 is 2.12 bits per heavy atom. The van der Waals surface area contributed by atoms with Crippen LogP contribution in [0.5, 0.6) is 5.75 Å². The fraction of sp³-hybridized carbons (Fsp3) is 0.158. The number of methoxy groups -OCH3 is 1. The summed E-state index contributed by atoms with van der Waals surface area (Å²) >= 11 is 7.58. The average Bonchev–Trinajstić information content (AvgIpc) is 3.11. The molecule has 0 bridgehead atoms. The van der Waals surface area contributed by atoms with Gasteiger partial charge in [0.2, 0.25) is 5.91 Å². The molecule has 0 aliphatic heterocycles. The van der Waals surface area contributed by atoms with Gasteiger partial charge in [-0.25, -0.2) is 4.98 Å². The van der Waals surface area contributed by atoms with Crippen LogP contribution in [-0.2, 0) is 4.79 Å². The zero-order chi connectivity index (χ0) is 18.5. The van der Waals surface area contributed by atoms with Crippen LogP contribution in [0.3, 0.4) is 0 Å². The Bertz CT molecular complexity index is 927. The molecule has 3 aromatic rings. The number of amides is 1. The first-order chi connectivity index (χ1) is 12.6. The Hall–Kier alpha value is -2.44. The summed E-state index contributed by atoms with van der Waals surface area (Å²) in [4.78, 5) is 16.6. The van der Waals surface area contributed by atoms with Crippen molar-refractivity contribution >= 4 is 35.0 Å². The minimum absolute atomic E-state index is 0.111. The van der Waals surface area contributed by atoms with Gasteiger partial charge in [0.25, 0.3) is 0 Å². The van der Waals surface area contributed by atoms with Crippen LogP contribution in [0.1, 0.15) is 5.56 Å². The molecule has 1 heterocycles. The number of aromatic nitrogens is 2. The molecule has 2 aromatic carbocycles. The summed E-state index contributed by atoms with van der Waals surface area (Å²) in [6.07, 6.45) is 3.57. The van der Waals surface area contributed by atoms with E-state index in [1.54, 1.807) is 19.4 Å². The maximum absolute atomic E-state index is 12.2. The van der Waals surface area contributed by atoms with Crippen LogP contribution in [0, 0.1) is 6.92 Å². The number of ether oxygens (including phenoxy) is 1. The number of halogens is 1. The lowest BCUT2D eigenvalue weighted by atomic mass is 10.2. The fourth-order valence-corrected chi connectivity index (χ4v) is 3.40. The predicted octanol–water partition coefficient (Wildman–Crippen LogP) is 4.57. The van der Waals surface area contributed by atoms with E-state index in [2.05, 4.69) is 10.3 Å². The van der Waals surface area contributed by atoms with E-state index in [-0.39, 0.29) is 11.7 Å². The molecule has 26 heavy (non-hydrogen) atoms. The Balaban J connectivity index is 1.68. The smallest absolute Gasteiger partial charge is 0.234 e. The van der Waals surface area contributed by atoms with Gasteiger partial charge in [0, 0.05) is 29.2 Å². The molecule has 7 heteroatoms. The largest absolute Gasteiger partial charge is 0.497 e. The van der Waals surface area contributed by atoms with Crippen molar-refractivity contribution in [1.29, 1.82) is 0 Å². The van der Waals surface area contributed by atoms with Crippen LogP contribution >= 0.6 is 23.4 Å². The van der Waals surface area contributed by atoms with Gasteiger partial charge in [-0.15, -0.1) is 0 Å². The average molecular weight is 388 g/mol. The van der Waals surface area contributed by atoms with Crippen molar-refractivity contribution in [1.82, 2.24) is 9.55 Å². The van der Waals surface area contributed by atoms with Crippen LogP contribution in [0.2, 0.25) is 5.02 Å². The molecule has 1 N–H and O–H groups in total. The van der Waals surface area contributed by atoms with Crippen molar-refractivity contribution in [3.8, 4) is 11.4 Å². The summed E-state index contributed by atoms with van der Waals surface area (Å²) in [6, 6.07) is 13.0. The Morgan fingerprint density at radius 1 is 1.31 bits per heavy atom. The summed E-state index contributed by atoms with van der Waals surface area (Å²) in [5, 5.41) is 4.29. The first-order valence-electron chi connectivity index (χ1n) is 7.94. The number of anilines is 1. The molecule has 0 aliphatic carbocycles. The van der Waals surface area contributed by atoms with E-state index in [1.807, 2.05) is 54.1 Å². The number of nitrogens with one attached hydrogen (secondary N) is 1. The second kappa shape index (κ2) is 8.29. The highest BCUT2D eigenvalue weighted by molar-refractivity contribution is 7.99. The summed E-state index contributed by atoms with van der Waals surface area (Å²) < 4.78 is 7.10. The van der Waals surface area contributed by atoms with Gasteiger partial charge in [0.1, 0.15) is 5.75 Å². The molecule has 5 nitrogen and oxygen atoms in total. The molecule has 0 radical (unpaired) electrons. The third-order valence-electron chi connectivity index (χ3n) is 3.79. The topological polar surface area (TPSA) is 56.1 Å². The number of nitrogens with zero attached hydrogens (tertiary/aromatic N) is 2. The van der Waals surface area contributed by atoms with Crippen molar-refractivity contribution < 1.29 is 9.53 Å². The zero-order valence-corrected chi connectivity index (χ0v) is 16.0.